The summed E-state index contributed by atoms with van der Waals surface area (Å²) in [4.78, 5) is 11.6. The molecule has 104 valence electrons. The highest BCUT2D eigenvalue weighted by Gasteiger charge is 2.31. The predicted molar refractivity (Wildman–Crippen MR) is 62.7 cm³/mol. The van der Waals surface area contributed by atoms with Gasteiger partial charge in [-0.05, 0) is 31.1 Å². The van der Waals surface area contributed by atoms with Gasteiger partial charge in [-0.1, -0.05) is 6.07 Å². The Morgan fingerprint density at radius 2 is 2.16 bits per heavy atom. The molecule has 0 spiro atoms. The Labute approximate surface area is 107 Å². The zero-order valence-electron chi connectivity index (χ0n) is 9.96. The summed E-state index contributed by atoms with van der Waals surface area (Å²) in [6.45, 7) is 1.59. The monoisotopic (exact) mass is 274 g/mol. The highest BCUT2D eigenvalue weighted by molar-refractivity contribution is 5.91. The first-order chi connectivity index (χ1) is 8.92. The van der Waals surface area contributed by atoms with E-state index in [0.29, 0.717) is 18.0 Å². The summed E-state index contributed by atoms with van der Waals surface area (Å²) in [5, 5.41) is 5.59. The minimum Gasteiger partial charge on any atom is -0.406 e. The smallest absolute Gasteiger partial charge is 0.406 e. The molecule has 1 aliphatic heterocycles. The maximum absolute atomic E-state index is 12.0. The molecular formula is C12H13F3N2O2. The Morgan fingerprint density at radius 3 is 2.74 bits per heavy atom. The molecule has 1 saturated heterocycles. The Bertz CT molecular complexity index is 459. The van der Waals surface area contributed by atoms with Crippen molar-refractivity contribution in [2.24, 2.45) is 5.92 Å². The molecular weight excluding hydrogens is 261 g/mol. The van der Waals surface area contributed by atoms with E-state index in [9.17, 15) is 18.0 Å². The van der Waals surface area contributed by atoms with E-state index >= 15 is 0 Å². The molecule has 7 heteroatoms. The molecule has 1 aromatic carbocycles. The zero-order chi connectivity index (χ0) is 13.9. The number of rotatable bonds is 4. The summed E-state index contributed by atoms with van der Waals surface area (Å²) < 4.78 is 39.9. The van der Waals surface area contributed by atoms with Gasteiger partial charge >= 0.3 is 6.36 Å². The second kappa shape index (κ2) is 5.48. The fraction of sp³-hybridized carbons (Fsp3) is 0.417. The number of nitrogens with one attached hydrogen (secondary N) is 2. The van der Waals surface area contributed by atoms with Crippen LogP contribution in [0.3, 0.4) is 0 Å². The van der Waals surface area contributed by atoms with Crippen molar-refractivity contribution in [2.45, 2.75) is 12.8 Å². The van der Waals surface area contributed by atoms with Crippen molar-refractivity contribution < 1.29 is 22.7 Å². The average molecular weight is 274 g/mol. The molecule has 1 heterocycles. The molecule has 0 aromatic heterocycles. The van der Waals surface area contributed by atoms with Gasteiger partial charge in [0.05, 0.1) is 0 Å². The van der Waals surface area contributed by atoms with Crippen LogP contribution in [0.5, 0.6) is 5.75 Å². The van der Waals surface area contributed by atoms with Gasteiger partial charge in [0.1, 0.15) is 5.75 Å². The van der Waals surface area contributed by atoms with Crippen LogP contribution in [0.4, 0.5) is 18.9 Å². The van der Waals surface area contributed by atoms with Crippen molar-refractivity contribution in [2.75, 3.05) is 18.4 Å². The van der Waals surface area contributed by atoms with Crippen LogP contribution in [0.2, 0.25) is 0 Å². The van der Waals surface area contributed by atoms with Gasteiger partial charge in [0.2, 0.25) is 5.91 Å². The van der Waals surface area contributed by atoms with Gasteiger partial charge in [-0.15, -0.1) is 13.2 Å². The number of carbonyl (C=O) groups is 1. The number of hydrogen-bond donors (Lipinski definition) is 2. The Balaban J connectivity index is 1.92. The van der Waals surface area contributed by atoms with Crippen LogP contribution >= 0.6 is 0 Å². The summed E-state index contributed by atoms with van der Waals surface area (Å²) in [6.07, 6.45) is -4.38. The molecule has 0 unspecified atom stereocenters. The van der Waals surface area contributed by atoms with Crippen molar-refractivity contribution in [3.63, 3.8) is 0 Å². The molecule has 0 bridgehead atoms. The molecule has 2 rings (SSSR count). The number of alkyl halides is 3. The second-order valence-electron chi connectivity index (χ2n) is 4.35. The number of benzene rings is 1. The minimum atomic E-state index is -4.74. The largest absolute Gasteiger partial charge is 0.573 e. The van der Waals surface area contributed by atoms with Gasteiger partial charge in [-0.3, -0.25) is 4.79 Å². The number of anilines is 1. The van der Waals surface area contributed by atoms with E-state index < -0.39 is 6.36 Å². The summed E-state index contributed by atoms with van der Waals surface area (Å²) in [7, 11) is 0. The fourth-order valence-corrected chi connectivity index (χ4v) is 1.74. The SMILES string of the molecule is O=C(CC1CNC1)Nc1cccc(OC(F)(F)F)c1. The normalized spacial score (nSPS) is 15.7. The zero-order valence-corrected chi connectivity index (χ0v) is 9.96. The average Bonchev–Trinajstić information content (AvgIpc) is 2.21. The van der Waals surface area contributed by atoms with Crippen LogP contribution in [-0.4, -0.2) is 25.4 Å². The topological polar surface area (TPSA) is 50.4 Å². The minimum absolute atomic E-state index is 0.212. The summed E-state index contributed by atoms with van der Waals surface area (Å²) in [5.41, 5.74) is 0.291. The Kier molecular flexibility index (Phi) is 3.94. The van der Waals surface area contributed by atoms with Crippen molar-refractivity contribution in [1.82, 2.24) is 5.32 Å². The number of carbonyl (C=O) groups excluding carboxylic acids is 1. The summed E-state index contributed by atoms with van der Waals surface area (Å²) >= 11 is 0. The fourth-order valence-electron chi connectivity index (χ4n) is 1.74. The van der Waals surface area contributed by atoms with E-state index in [-0.39, 0.29) is 11.7 Å². The van der Waals surface area contributed by atoms with E-state index in [1.165, 1.54) is 18.2 Å². The maximum atomic E-state index is 12.0. The molecule has 4 nitrogen and oxygen atoms in total. The lowest BCUT2D eigenvalue weighted by Gasteiger charge is -2.26. The third-order valence-corrected chi connectivity index (χ3v) is 2.69. The number of halogens is 3. The molecule has 1 fully saturated rings. The molecule has 0 saturated carbocycles. The molecule has 1 aliphatic rings. The number of amides is 1. The van der Waals surface area contributed by atoms with Crippen molar-refractivity contribution in [1.29, 1.82) is 0 Å². The van der Waals surface area contributed by atoms with Gasteiger partial charge < -0.3 is 15.4 Å². The van der Waals surface area contributed by atoms with Crippen molar-refractivity contribution in [3.8, 4) is 5.75 Å². The molecule has 0 radical (unpaired) electrons. The standard InChI is InChI=1S/C12H13F3N2O2/c13-12(14,15)19-10-3-1-2-9(5-10)17-11(18)4-8-6-16-7-8/h1-3,5,8,16H,4,6-7H2,(H,17,18). The maximum Gasteiger partial charge on any atom is 0.573 e. The second-order valence-corrected chi connectivity index (χ2v) is 4.35. The molecule has 2 N–H and O–H groups in total. The molecule has 0 atom stereocenters. The molecule has 1 aromatic rings. The first kappa shape index (κ1) is 13.7. The third kappa shape index (κ3) is 4.44. The van der Waals surface area contributed by atoms with Crippen LogP contribution in [0, 0.1) is 5.92 Å². The van der Waals surface area contributed by atoms with Crippen LogP contribution < -0.4 is 15.4 Å². The lowest BCUT2D eigenvalue weighted by atomic mass is 9.99. The molecule has 19 heavy (non-hydrogen) atoms. The molecule has 1 amide bonds. The quantitative estimate of drug-likeness (QED) is 0.884. The van der Waals surface area contributed by atoms with Crippen molar-refractivity contribution in [3.05, 3.63) is 24.3 Å². The van der Waals surface area contributed by atoms with Gasteiger partial charge in [-0.25, -0.2) is 0 Å². The van der Waals surface area contributed by atoms with Gasteiger partial charge in [0, 0.05) is 18.2 Å². The predicted octanol–water partition coefficient (Wildman–Crippen LogP) is 2.13. The first-order valence-corrected chi connectivity index (χ1v) is 5.79. The lowest BCUT2D eigenvalue weighted by molar-refractivity contribution is -0.274. The Morgan fingerprint density at radius 1 is 1.42 bits per heavy atom. The van der Waals surface area contributed by atoms with E-state index in [1.807, 2.05) is 0 Å². The third-order valence-electron chi connectivity index (χ3n) is 2.69. The van der Waals surface area contributed by atoms with E-state index in [2.05, 4.69) is 15.4 Å². The van der Waals surface area contributed by atoms with Crippen LogP contribution in [-0.2, 0) is 4.79 Å². The van der Waals surface area contributed by atoms with E-state index in [1.54, 1.807) is 0 Å². The van der Waals surface area contributed by atoms with Crippen molar-refractivity contribution >= 4 is 11.6 Å². The van der Waals surface area contributed by atoms with Gasteiger partial charge in [-0.2, -0.15) is 0 Å². The van der Waals surface area contributed by atoms with Crippen LogP contribution in [0.15, 0.2) is 24.3 Å². The van der Waals surface area contributed by atoms with E-state index in [0.717, 1.165) is 19.2 Å². The Hall–Kier alpha value is -1.76. The van der Waals surface area contributed by atoms with Crippen LogP contribution in [0.25, 0.3) is 0 Å². The summed E-state index contributed by atoms with van der Waals surface area (Å²) in [5.74, 6) is -0.263. The highest BCUT2D eigenvalue weighted by Crippen LogP contribution is 2.25. The van der Waals surface area contributed by atoms with E-state index in [4.69, 9.17) is 0 Å². The number of ether oxygens (including phenoxy) is 1. The summed E-state index contributed by atoms with van der Waals surface area (Å²) in [6, 6.07) is 5.23. The number of hydrogen-bond acceptors (Lipinski definition) is 3. The van der Waals surface area contributed by atoms with Crippen LogP contribution in [0.1, 0.15) is 6.42 Å². The van der Waals surface area contributed by atoms with Gasteiger partial charge in [0.15, 0.2) is 0 Å². The lowest BCUT2D eigenvalue weighted by Crippen LogP contribution is -2.43. The van der Waals surface area contributed by atoms with Gasteiger partial charge in [0.25, 0.3) is 0 Å². The molecule has 0 aliphatic carbocycles. The highest BCUT2D eigenvalue weighted by atomic mass is 19.4. The first-order valence-electron chi connectivity index (χ1n) is 5.79.